The molecule has 0 bridgehead atoms. The second-order valence-corrected chi connectivity index (χ2v) is 10.3. The zero-order valence-corrected chi connectivity index (χ0v) is 21.8. The highest BCUT2D eigenvalue weighted by atomic mass is 16.5. The number of benzene rings is 1. The number of para-hydroxylation sites is 1. The van der Waals surface area contributed by atoms with Crippen LogP contribution in [0, 0.1) is 12.8 Å². The van der Waals surface area contributed by atoms with Crippen molar-refractivity contribution in [2.45, 2.75) is 51.0 Å². The van der Waals surface area contributed by atoms with E-state index in [9.17, 15) is 15.3 Å². The molecule has 6 N–H and O–H groups in total. The summed E-state index contributed by atoms with van der Waals surface area (Å²) in [7, 11) is 1.57. The van der Waals surface area contributed by atoms with Crippen molar-refractivity contribution in [3.8, 4) is 17.1 Å². The number of aromatic amines is 1. The molecule has 4 aromatic rings. The van der Waals surface area contributed by atoms with Gasteiger partial charge in [-0.1, -0.05) is 24.3 Å². The van der Waals surface area contributed by atoms with Crippen LogP contribution in [0.2, 0.25) is 0 Å². The summed E-state index contributed by atoms with van der Waals surface area (Å²) < 4.78 is 5.26. The van der Waals surface area contributed by atoms with Crippen LogP contribution in [0.4, 0.5) is 17.5 Å². The predicted octanol–water partition coefficient (Wildman–Crippen LogP) is 2.86. The fourth-order valence-corrected chi connectivity index (χ4v) is 5.01. The first-order valence-electron chi connectivity index (χ1n) is 12.6. The van der Waals surface area contributed by atoms with Gasteiger partial charge in [0, 0.05) is 23.6 Å². The number of nitrogens with zero attached hydrogens (tertiary/aromatic N) is 3. The van der Waals surface area contributed by atoms with Gasteiger partial charge < -0.3 is 30.7 Å². The number of aryl methyl sites for hydroxylation is 1. The number of aliphatic hydroxyl groups is 3. The van der Waals surface area contributed by atoms with E-state index < -0.39 is 29.8 Å². The normalized spacial score (nSPS) is 21.4. The van der Waals surface area contributed by atoms with Crippen LogP contribution in [0.5, 0.6) is 5.88 Å². The van der Waals surface area contributed by atoms with Crippen LogP contribution in [-0.2, 0) is 0 Å². The lowest BCUT2D eigenvalue weighted by Crippen LogP contribution is -2.40. The average Bonchev–Trinajstić information content (AvgIpc) is 3.18. The molecule has 3 aromatic heterocycles. The zero-order chi connectivity index (χ0) is 27.0. The van der Waals surface area contributed by atoms with Gasteiger partial charge in [-0.15, -0.1) is 0 Å². The van der Waals surface area contributed by atoms with Crippen molar-refractivity contribution >= 4 is 28.4 Å². The molecular formula is C28H33N6O4+. The highest BCUT2D eigenvalue weighted by Crippen LogP contribution is 2.37. The molecule has 0 unspecified atom stereocenters. The molecule has 5 rings (SSSR count). The number of ether oxygens (including phenoxy) is 1. The summed E-state index contributed by atoms with van der Waals surface area (Å²) in [5.74, 6) is 0.840. The largest absolute Gasteiger partial charge is 0.448 e. The Hall–Kier alpha value is -3.86. The molecule has 0 saturated heterocycles. The van der Waals surface area contributed by atoms with E-state index in [0.29, 0.717) is 35.3 Å². The number of methoxy groups -OCH3 is 1. The molecule has 0 spiro atoms. The van der Waals surface area contributed by atoms with Gasteiger partial charge in [0.25, 0.3) is 0 Å². The van der Waals surface area contributed by atoms with Gasteiger partial charge in [0.2, 0.25) is 5.95 Å². The Balaban J connectivity index is 1.54. The van der Waals surface area contributed by atoms with Gasteiger partial charge in [-0.2, -0.15) is 9.97 Å². The maximum absolute atomic E-state index is 10.8. The number of aromatic nitrogens is 4. The maximum Gasteiger partial charge on any atom is 0.367 e. The molecule has 0 aliphatic heterocycles. The maximum atomic E-state index is 10.8. The number of aliphatic hydroxyl groups excluding tert-OH is 2. The molecule has 198 valence electrons. The fourth-order valence-electron chi connectivity index (χ4n) is 5.01. The number of anilines is 3. The summed E-state index contributed by atoms with van der Waals surface area (Å²) in [4.78, 5) is 17.1. The van der Waals surface area contributed by atoms with E-state index >= 15 is 0 Å². The summed E-state index contributed by atoms with van der Waals surface area (Å²) in [6, 6.07) is 13.0. The van der Waals surface area contributed by atoms with Gasteiger partial charge in [-0.3, -0.25) is 0 Å². The SMILES string of the molecule is COc1cc(Nc2ncc(-c3ccc4cccc(C)c4n3)c(N[C@@H]3C[C@H](C(C)(C)O)[C@@H](O)[C@H]3O)n2)cc[nH+]1. The molecule has 1 fully saturated rings. The highest BCUT2D eigenvalue weighted by molar-refractivity contribution is 5.85. The Morgan fingerprint density at radius 3 is 2.63 bits per heavy atom. The Morgan fingerprint density at radius 2 is 1.89 bits per heavy atom. The number of pyridine rings is 2. The van der Waals surface area contributed by atoms with E-state index in [1.807, 2.05) is 43.3 Å². The average molecular weight is 518 g/mol. The monoisotopic (exact) mass is 517 g/mol. The number of nitrogens with one attached hydrogen (secondary N) is 3. The second-order valence-electron chi connectivity index (χ2n) is 10.3. The minimum Gasteiger partial charge on any atom is -0.448 e. The molecule has 4 atom stereocenters. The first kappa shape index (κ1) is 25.8. The number of hydrogen-bond donors (Lipinski definition) is 5. The smallest absolute Gasteiger partial charge is 0.367 e. The topological polar surface area (TPSA) is 147 Å². The molecular weight excluding hydrogens is 484 g/mol. The van der Waals surface area contributed by atoms with E-state index in [2.05, 4.69) is 20.6 Å². The van der Waals surface area contributed by atoms with E-state index in [-0.39, 0.29) is 0 Å². The Kier molecular flexibility index (Phi) is 6.87. The lowest BCUT2D eigenvalue weighted by Gasteiger charge is -2.28. The summed E-state index contributed by atoms with van der Waals surface area (Å²) >= 11 is 0. The van der Waals surface area contributed by atoms with E-state index in [1.54, 1.807) is 39.4 Å². The van der Waals surface area contributed by atoms with Gasteiger partial charge in [0.1, 0.15) is 11.9 Å². The van der Waals surface area contributed by atoms with Crippen LogP contribution in [0.15, 0.2) is 54.9 Å². The number of fused-ring (bicyclic) bond motifs is 1. The molecule has 0 amide bonds. The molecule has 10 nitrogen and oxygen atoms in total. The third-order valence-corrected chi connectivity index (χ3v) is 7.15. The quantitative estimate of drug-likeness (QED) is 0.250. The first-order chi connectivity index (χ1) is 18.1. The zero-order valence-electron chi connectivity index (χ0n) is 21.8. The Morgan fingerprint density at radius 1 is 1.08 bits per heavy atom. The van der Waals surface area contributed by atoms with Crippen molar-refractivity contribution < 1.29 is 25.0 Å². The lowest BCUT2D eigenvalue weighted by molar-refractivity contribution is -0.392. The lowest BCUT2D eigenvalue weighted by atomic mass is 9.88. The van der Waals surface area contributed by atoms with Crippen LogP contribution in [0.3, 0.4) is 0 Å². The van der Waals surface area contributed by atoms with Gasteiger partial charge in [0.05, 0.1) is 53.4 Å². The van der Waals surface area contributed by atoms with Crippen LogP contribution in [-0.4, -0.2) is 61.2 Å². The van der Waals surface area contributed by atoms with Crippen LogP contribution in [0.1, 0.15) is 25.8 Å². The van der Waals surface area contributed by atoms with E-state index in [4.69, 9.17) is 14.7 Å². The van der Waals surface area contributed by atoms with E-state index in [0.717, 1.165) is 22.2 Å². The Labute approximate surface area is 220 Å². The van der Waals surface area contributed by atoms with Crippen molar-refractivity contribution in [2.75, 3.05) is 17.7 Å². The summed E-state index contributed by atoms with van der Waals surface area (Å²) in [6.07, 6.45) is 1.61. The minimum absolute atomic E-state index is 0.327. The van der Waals surface area contributed by atoms with Crippen LogP contribution in [0.25, 0.3) is 22.2 Å². The minimum atomic E-state index is -1.15. The van der Waals surface area contributed by atoms with Gasteiger partial charge in [-0.25, -0.2) is 9.97 Å². The number of rotatable bonds is 7. The van der Waals surface area contributed by atoms with Crippen molar-refractivity contribution in [2.24, 2.45) is 5.92 Å². The van der Waals surface area contributed by atoms with Gasteiger partial charge in [-0.05, 0) is 38.8 Å². The second kappa shape index (κ2) is 10.1. The van der Waals surface area contributed by atoms with Crippen LogP contribution < -0.4 is 20.4 Å². The van der Waals surface area contributed by atoms with Crippen molar-refractivity contribution in [3.05, 3.63) is 60.4 Å². The third kappa shape index (κ3) is 5.10. The molecule has 38 heavy (non-hydrogen) atoms. The molecule has 1 aliphatic carbocycles. The molecule has 10 heteroatoms. The first-order valence-corrected chi connectivity index (χ1v) is 12.6. The summed E-state index contributed by atoms with van der Waals surface area (Å²) in [5.41, 5.74) is 2.81. The predicted molar refractivity (Wildman–Crippen MR) is 144 cm³/mol. The Bertz CT molecular complexity index is 1460. The third-order valence-electron chi connectivity index (χ3n) is 7.15. The van der Waals surface area contributed by atoms with Crippen molar-refractivity contribution in [1.29, 1.82) is 0 Å². The summed E-state index contributed by atoms with van der Waals surface area (Å²) in [5, 5.41) is 39.6. The van der Waals surface area contributed by atoms with E-state index in [1.165, 1.54) is 0 Å². The van der Waals surface area contributed by atoms with Gasteiger partial charge in [0.15, 0.2) is 6.20 Å². The number of H-pyrrole nitrogens is 1. The van der Waals surface area contributed by atoms with Crippen molar-refractivity contribution in [1.82, 2.24) is 15.0 Å². The molecule has 1 saturated carbocycles. The van der Waals surface area contributed by atoms with Crippen LogP contribution >= 0.6 is 0 Å². The molecule has 1 aromatic carbocycles. The van der Waals surface area contributed by atoms with Crippen molar-refractivity contribution in [3.63, 3.8) is 0 Å². The number of hydrogen-bond acceptors (Lipinski definition) is 9. The highest BCUT2D eigenvalue weighted by Gasteiger charge is 2.47. The van der Waals surface area contributed by atoms with Gasteiger partial charge >= 0.3 is 5.88 Å². The fraction of sp³-hybridized carbons (Fsp3) is 0.357. The standard InChI is InChI=1S/C28H32N6O4/c1-15-6-5-7-16-8-9-20(32-23(15)16)18-14-30-27(31-17-10-11-29-22(12-17)38-4)34-26(18)33-21-13-19(28(2,3)37)24(35)25(21)36/h5-12,14,19,21,24-25,35-37H,13H2,1-4H3,(H2,29,30,31,33,34)/p+1/t19-,21+,24+,25-/m0/s1. The summed E-state index contributed by atoms with van der Waals surface area (Å²) in [6.45, 7) is 5.29. The molecule has 3 heterocycles. The molecule has 1 aliphatic rings. The molecule has 0 radical (unpaired) electrons.